The van der Waals surface area contributed by atoms with Crippen LogP contribution in [0.4, 0.5) is 0 Å². The number of aryl methyl sites for hydroxylation is 1. The Balaban J connectivity index is 1.88. The minimum Gasteiger partial charge on any atom is -0.330 e. The number of benzene rings is 1. The molecule has 102 valence electrons. The van der Waals surface area contributed by atoms with E-state index in [0.717, 1.165) is 30.9 Å². The first-order valence-electron chi connectivity index (χ1n) is 6.74. The fourth-order valence-electron chi connectivity index (χ4n) is 2.03. The second-order valence-corrected chi connectivity index (χ2v) is 5.68. The van der Waals surface area contributed by atoms with Crippen LogP contribution in [0.5, 0.6) is 0 Å². The van der Waals surface area contributed by atoms with Crippen molar-refractivity contribution in [3.05, 3.63) is 51.5 Å². The summed E-state index contributed by atoms with van der Waals surface area (Å²) < 4.78 is 0. The van der Waals surface area contributed by atoms with Crippen molar-refractivity contribution >= 4 is 11.3 Å². The summed E-state index contributed by atoms with van der Waals surface area (Å²) in [7, 11) is 0. The van der Waals surface area contributed by atoms with E-state index in [1.54, 1.807) is 11.3 Å². The third kappa shape index (κ3) is 4.13. The van der Waals surface area contributed by atoms with Crippen molar-refractivity contribution in [3.63, 3.8) is 0 Å². The lowest BCUT2D eigenvalue weighted by molar-refractivity contribution is 0.684. The van der Waals surface area contributed by atoms with Crippen LogP contribution in [0.3, 0.4) is 0 Å². The predicted molar refractivity (Wildman–Crippen MR) is 81.2 cm³/mol. The molecule has 0 atom stereocenters. The van der Waals surface area contributed by atoms with Crippen LogP contribution in [-0.2, 0) is 25.9 Å². The quantitative estimate of drug-likeness (QED) is 0.816. The molecule has 2 aromatic rings. The Bertz CT molecular complexity index is 508. The second-order valence-electron chi connectivity index (χ2n) is 4.48. The van der Waals surface area contributed by atoms with Gasteiger partial charge in [-0.05, 0) is 30.5 Å². The number of aromatic nitrogens is 1. The number of hydrogen-bond donors (Lipinski definition) is 2. The van der Waals surface area contributed by atoms with E-state index in [1.807, 2.05) is 6.20 Å². The van der Waals surface area contributed by atoms with Crippen LogP contribution >= 0.6 is 11.3 Å². The van der Waals surface area contributed by atoms with Gasteiger partial charge in [-0.2, -0.15) is 0 Å². The molecule has 2 rings (SSSR count). The summed E-state index contributed by atoms with van der Waals surface area (Å²) in [6, 6.07) is 8.47. The molecule has 0 fully saturated rings. The van der Waals surface area contributed by atoms with E-state index >= 15 is 0 Å². The van der Waals surface area contributed by atoms with E-state index in [2.05, 4.69) is 41.5 Å². The Kier molecular flexibility index (Phi) is 5.51. The van der Waals surface area contributed by atoms with Crippen molar-refractivity contribution in [3.8, 4) is 0 Å². The highest BCUT2D eigenvalue weighted by molar-refractivity contribution is 7.11. The molecule has 0 aliphatic rings. The van der Waals surface area contributed by atoms with Gasteiger partial charge in [0.05, 0.1) is 0 Å². The van der Waals surface area contributed by atoms with Gasteiger partial charge in [0.2, 0.25) is 0 Å². The summed E-state index contributed by atoms with van der Waals surface area (Å²) in [5.41, 5.74) is 8.31. The highest BCUT2D eigenvalue weighted by Crippen LogP contribution is 2.14. The average Bonchev–Trinajstić information content (AvgIpc) is 2.89. The minimum atomic E-state index is 0.698. The summed E-state index contributed by atoms with van der Waals surface area (Å²) in [4.78, 5) is 5.76. The molecule has 0 radical (unpaired) electrons. The first-order chi connectivity index (χ1) is 9.33. The number of nitrogens with zero attached hydrogens (tertiary/aromatic N) is 1. The Morgan fingerprint density at radius 2 is 2.00 bits per heavy atom. The van der Waals surface area contributed by atoms with Gasteiger partial charge in [-0.25, -0.2) is 4.98 Å². The van der Waals surface area contributed by atoms with Gasteiger partial charge in [0.25, 0.3) is 0 Å². The smallest absolute Gasteiger partial charge is 0.107 e. The van der Waals surface area contributed by atoms with Gasteiger partial charge in [-0.15, -0.1) is 11.3 Å². The van der Waals surface area contributed by atoms with Gasteiger partial charge in [-0.3, -0.25) is 0 Å². The van der Waals surface area contributed by atoms with Gasteiger partial charge in [0, 0.05) is 24.2 Å². The maximum Gasteiger partial charge on any atom is 0.107 e. The molecule has 0 unspecified atom stereocenters. The number of nitrogens with one attached hydrogen (secondary N) is 1. The molecule has 19 heavy (non-hydrogen) atoms. The predicted octanol–water partition coefficient (Wildman–Crippen LogP) is 2.50. The summed E-state index contributed by atoms with van der Waals surface area (Å²) in [5, 5.41) is 4.62. The number of thiazole rings is 1. The van der Waals surface area contributed by atoms with Gasteiger partial charge in [0.1, 0.15) is 5.01 Å². The molecule has 0 saturated heterocycles. The van der Waals surface area contributed by atoms with Crippen molar-refractivity contribution in [2.45, 2.75) is 32.9 Å². The molecule has 0 saturated carbocycles. The zero-order valence-electron chi connectivity index (χ0n) is 11.4. The van der Waals surface area contributed by atoms with Crippen molar-refractivity contribution in [1.82, 2.24) is 10.3 Å². The van der Waals surface area contributed by atoms with Crippen LogP contribution in [0.2, 0.25) is 0 Å². The SMILES string of the molecule is CCc1cnc(CNCc2ccccc2CCN)s1. The second kappa shape index (κ2) is 7.38. The Labute approximate surface area is 118 Å². The van der Waals surface area contributed by atoms with E-state index in [-0.39, 0.29) is 0 Å². The lowest BCUT2D eigenvalue weighted by Crippen LogP contribution is -2.15. The molecule has 0 amide bonds. The molecule has 0 aliphatic carbocycles. The third-order valence-corrected chi connectivity index (χ3v) is 4.22. The first kappa shape index (κ1) is 14.2. The van der Waals surface area contributed by atoms with E-state index in [4.69, 9.17) is 5.73 Å². The Morgan fingerprint density at radius 3 is 2.68 bits per heavy atom. The first-order valence-corrected chi connectivity index (χ1v) is 7.56. The number of rotatable bonds is 7. The lowest BCUT2D eigenvalue weighted by Gasteiger charge is -2.09. The molecule has 1 aromatic carbocycles. The van der Waals surface area contributed by atoms with Gasteiger partial charge in [-0.1, -0.05) is 31.2 Å². The molecule has 0 bridgehead atoms. The van der Waals surface area contributed by atoms with Crippen LogP contribution in [0.15, 0.2) is 30.5 Å². The zero-order chi connectivity index (χ0) is 13.5. The third-order valence-electron chi connectivity index (χ3n) is 3.07. The van der Waals surface area contributed by atoms with Crippen molar-refractivity contribution in [2.24, 2.45) is 5.73 Å². The van der Waals surface area contributed by atoms with Crippen LogP contribution in [-0.4, -0.2) is 11.5 Å². The fourth-order valence-corrected chi connectivity index (χ4v) is 2.86. The average molecular weight is 275 g/mol. The Hall–Kier alpha value is -1.23. The minimum absolute atomic E-state index is 0.698. The van der Waals surface area contributed by atoms with E-state index < -0.39 is 0 Å². The molecule has 1 heterocycles. The standard InChI is InChI=1S/C15H21N3S/c1-2-14-10-18-15(19-14)11-17-9-13-6-4-3-5-12(13)7-8-16/h3-6,10,17H,2,7-9,11,16H2,1H3. The number of hydrogen-bond acceptors (Lipinski definition) is 4. The molecular formula is C15H21N3S. The van der Waals surface area contributed by atoms with Crippen LogP contribution in [0.25, 0.3) is 0 Å². The zero-order valence-corrected chi connectivity index (χ0v) is 12.2. The summed E-state index contributed by atoms with van der Waals surface area (Å²) in [5.74, 6) is 0. The maximum absolute atomic E-state index is 5.64. The van der Waals surface area contributed by atoms with Crippen LogP contribution < -0.4 is 11.1 Å². The summed E-state index contributed by atoms with van der Waals surface area (Å²) in [6.07, 6.45) is 3.98. The molecule has 0 aliphatic heterocycles. The van der Waals surface area contributed by atoms with Gasteiger partial charge >= 0.3 is 0 Å². The normalized spacial score (nSPS) is 10.8. The van der Waals surface area contributed by atoms with Crippen molar-refractivity contribution < 1.29 is 0 Å². The van der Waals surface area contributed by atoms with Crippen LogP contribution in [0.1, 0.15) is 27.9 Å². The maximum atomic E-state index is 5.64. The highest BCUT2D eigenvalue weighted by atomic mass is 32.1. The van der Waals surface area contributed by atoms with E-state index in [9.17, 15) is 0 Å². The molecule has 1 aromatic heterocycles. The Morgan fingerprint density at radius 1 is 1.21 bits per heavy atom. The molecule has 3 nitrogen and oxygen atoms in total. The summed E-state index contributed by atoms with van der Waals surface area (Å²) in [6.45, 7) is 4.57. The van der Waals surface area contributed by atoms with Gasteiger partial charge in [0.15, 0.2) is 0 Å². The molecule has 3 N–H and O–H groups in total. The van der Waals surface area contributed by atoms with Crippen molar-refractivity contribution in [2.75, 3.05) is 6.54 Å². The number of nitrogens with two attached hydrogens (primary N) is 1. The van der Waals surface area contributed by atoms with E-state index in [0.29, 0.717) is 6.54 Å². The summed E-state index contributed by atoms with van der Waals surface area (Å²) >= 11 is 1.79. The fraction of sp³-hybridized carbons (Fsp3) is 0.400. The van der Waals surface area contributed by atoms with Crippen molar-refractivity contribution in [1.29, 1.82) is 0 Å². The lowest BCUT2D eigenvalue weighted by atomic mass is 10.0. The van der Waals surface area contributed by atoms with Gasteiger partial charge < -0.3 is 11.1 Å². The molecule has 0 spiro atoms. The highest BCUT2D eigenvalue weighted by Gasteiger charge is 2.03. The molecule has 4 heteroatoms. The topological polar surface area (TPSA) is 50.9 Å². The largest absolute Gasteiger partial charge is 0.330 e. The van der Waals surface area contributed by atoms with E-state index in [1.165, 1.54) is 16.0 Å². The monoisotopic (exact) mass is 275 g/mol. The van der Waals surface area contributed by atoms with Crippen LogP contribution in [0, 0.1) is 0 Å². The molecular weight excluding hydrogens is 254 g/mol.